The molecule has 0 bridgehead atoms. The van der Waals surface area contributed by atoms with Gasteiger partial charge in [0.15, 0.2) is 0 Å². The van der Waals surface area contributed by atoms with Gasteiger partial charge >= 0.3 is 5.97 Å². The van der Waals surface area contributed by atoms with Crippen molar-refractivity contribution >= 4 is 34.6 Å². The molecular weight excluding hydrogens is 510 g/mol. The van der Waals surface area contributed by atoms with Crippen LogP contribution in [-0.2, 0) is 16.0 Å². The van der Waals surface area contributed by atoms with Crippen LogP contribution < -0.4 is 0 Å². The van der Waals surface area contributed by atoms with E-state index in [1.54, 1.807) is 18.3 Å². The summed E-state index contributed by atoms with van der Waals surface area (Å²) in [6.07, 6.45) is 1.48. The quantitative estimate of drug-likeness (QED) is 0.147. The van der Waals surface area contributed by atoms with Crippen LogP contribution in [0.4, 0.5) is 0 Å². The van der Waals surface area contributed by atoms with Crippen LogP contribution >= 0.6 is 23.1 Å². The zero-order chi connectivity index (χ0) is 26.5. The summed E-state index contributed by atoms with van der Waals surface area (Å²) >= 11 is 3.03. The average Bonchev–Trinajstić information content (AvgIpc) is 3.50. The molecule has 0 aliphatic heterocycles. The second kappa shape index (κ2) is 11.5. The molecule has 2 aromatic heterocycles. The lowest BCUT2D eigenvalue weighted by molar-refractivity contribution is -0.137. The number of hydrogen-bond donors (Lipinski definition) is 0. The zero-order valence-electron chi connectivity index (χ0n) is 20.7. The number of rotatable bonds is 6. The van der Waals surface area contributed by atoms with Crippen LogP contribution in [0.1, 0.15) is 30.0 Å². The molecule has 0 saturated carbocycles. The molecule has 1 aliphatic rings. The Morgan fingerprint density at radius 3 is 2.58 bits per heavy atom. The van der Waals surface area contributed by atoms with Gasteiger partial charge in [0.2, 0.25) is 0 Å². The third-order valence-corrected chi connectivity index (χ3v) is 8.54. The number of carbonyl (C=O) groups is 1. The van der Waals surface area contributed by atoms with E-state index in [1.165, 1.54) is 11.8 Å². The standard InChI is InChI=1S/C31H23N3O2S2/c1-2-36-31(35)25(19-33)29-22-12-7-6-11-21(22)14-15-28(29)38-30-24(18-32)23(20-9-4-3-5-10-20)17-26(34-30)27-13-8-16-37-27/h3-13,16-17,28H,2,14-15H2,1H3. The minimum absolute atomic E-state index is 0.00713. The highest BCUT2D eigenvalue weighted by molar-refractivity contribution is 8.00. The molecule has 0 fully saturated rings. The number of aromatic nitrogens is 1. The molecule has 2 aromatic carbocycles. The number of nitrogens with zero attached hydrogens (tertiary/aromatic N) is 3. The van der Waals surface area contributed by atoms with E-state index in [1.807, 2.05) is 78.2 Å². The van der Waals surface area contributed by atoms with E-state index in [0.717, 1.165) is 39.2 Å². The first kappa shape index (κ1) is 25.5. The maximum absolute atomic E-state index is 12.9. The fourth-order valence-corrected chi connectivity index (χ4v) is 6.66. The van der Waals surface area contributed by atoms with E-state index in [4.69, 9.17) is 9.72 Å². The lowest BCUT2D eigenvalue weighted by atomic mass is 9.84. The Labute approximate surface area is 230 Å². The minimum atomic E-state index is -0.627. The lowest BCUT2D eigenvalue weighted by Crippen LogP contribution is -2.20. The summed E-state index contributed by atoms with van der Waals surface area (Å²) in [6, 6.07) is 28.1. The van der Waals surface area contributed by atoms with Crippen LogP contribution in [-0.4, -0.2) is 22.8 Å². The number of aryl methyl sites for hydroxylation is 1. The van der Waals surface area contributed by atoms with Crippen molar-refractivity contribution < 1.29 is 9.53 Å². The molecule has 4 aromatic rings. The Hall–Kier alpha value is -4.17. The molecule has 186 valence electrons. The predicted octanol–water partition coefficient (Wildman–Crippen LogP) is 7.30. The van der Waals surface area contributed by atoms with Gasteiger partial charge in [0, 0.05) is 10.8 Å². The maximum atomic E-state index is 12.9. The first-order valence-electron chi connectivity index (χ1n) is 12.2. The number of pyridine rings is 1. The van der Waals surface area contributed by atoms with Crippen LogP contribution in [0.2, 0.25) is 0 Å². The SMILES string of the molecule is CCOC(=O)C(C#N)=C1c2ccccc2CCC1Sc1nc(-c2cccs2)cc(-c2ccccc2)c1C#N. The Morgan fingerprint density at radius 1 is 1.08 bits per heavy atom. The molecule has 7 heteroatoms. The number of fused-ring (bicyclic) bond motifs is 1. The summed E-state index contributed by atoms with van der Waals surface area (Å²) in [4.78, 5) is 18.8. The zero-order valence-corrected chi connectivity index (χ0v) is 22.3. The number of thiophene rings is 1. The van der Waals surface area contributed by atoms with Crippen molar-refractivity contribution in [1.29, 1.82) is 10.5 Å². The van der Waals surface area contributed by atoms with Gasteiger partial charge in [-0.15, -0.1) is 11.3 Å². The van der Waals surface area contributed by atoms with E-state index in [2.05, 4.69) is 12.1 Å². The predicted molar refractivity (Wildman–Crippen MR) is 151 cm³/mol. The minimum Gasteiger partial charge on any atom is -0.462 e. The summed E-state index contributed by atoms with van der Waals surface area (Å²) in [5.74, 6) is -0.627. The maximum Gasteiger partial charge on any atom is 0.349 e. The molecule has 5 nitrogen and oxygen atoms in total. The second-order valence-corrected chi connectivity index (χ2v) is 10.8. The van der Waals surface area contributed by atoms with Crippen molar-refractivity contribution in [2.75, 3.05) is 6.61 Å². The molecule has 0 N–H and O–H groups in total. The summed E-state index contributed by atoms with van der Waals surface area (Å²) < 4.78 is 5.26. The number of ether oxygens (including phenoxy) is 1. The van der Waals surface area contributed by atoms with Crippen LogP contribution in [0.15, 0.2) is 88.8 Å². The number of carbonyl (C=O) groups excluding carboxylic acids is 1. The van der Waals surface area contributed by atoms with Gasteiger partial charge < -0.3 is 4.74 Å². The van der Waals surface area contributed by atoms with Crippen LogP contribution in [0.3, 0.4) is 0 Å². The topological polar surface area (TPSA) is 86.8 Å². The van der Waals surface area contributed by atoms with Crippen LogP contribution in [0.5, 0.6) is 0 Å². The fourth-order valence-electron chi connectivity index (χ4n) is 4.68. The van der Waals surface area contributed by atoms with Crippen LogP contribution in [0.25, 0.3) is 27.3 Å². The Morgan fingerprint density at radius 2 is 1.87 bits per heavy atom. The number of nitriles is 2. The molecule has 5 rings (SSSR count). The number of hydrogen-bond acceptors (Lipinski definition) is 7. The first-order chi connectivity index (χ1) is 18.6. The van der Waals surface area contributed by atoms with Crippen molar-refractivity contribution in [3.63, 3.8) is 0 Å². The van der Waals surface area contributed by atoms with Gasteiger partial charge in [-0.1, -0.05) is 72.4 Å². The van der Waals surface area contributed by atoms with E-state index in [9.17, 15) is 15.3 Å². The second-order valence-electron chi connectivity index (χ2n) is 8.61. The van der Waals surface area contributed by atoms with Crippen molar-refractivity contribution in [2.24, 2.45) is 0 Å². The molecule has 0 radical (unpaired) electrons. The molecule has 0 spiro atoms. The normalized spacial score (nSPS) is 15.6. The Balaban J connectivity index is 1.69. The molecule has 1 unspecified atom stereocenters. The van der Waals surface area contributed by atoms with Crippen molar-refractivity contribution in [1.82, 2.24) is 4.98 Å². The van der Waals surface area contributed by atoms with Gasteiger partial charge in [0.05, 0.1) is 22.7 Å². The number of esters is 1. The average molecular weight is 534 g/mol. The fraction of sp³-hybridized carbons (Fsp3) is 0.161. The van der Waals surface area contributed by atoms with Crippen molar-refractivity contribution in [3.05, 3.63) is 100 Å². The van der Waals surface area contributed by atoms with Gasteiger partial charge in [-0.2, -0.15) is 10.5 Å². The van der Waals surface area contributed by atoms with E-state index < -0.39 is 5.97 Å². The smallest absolute Gasteiger partial charge is 0.349 e. The molecule has 2 heterocycles. The molecule has 1 aliphatic carbocycles. The van der Waals surface area contributed by atoms with Gasteiger partial charge in [-0.25, -0.2) is 9.78 Å². The Bertz CT molecular complexity index is 1600. The largest absolute Gasteiger partial charge is 0.462 e. The van der Waals surface area contributed by atoms with Crippen LogP contribution in [0, 0.1) is 22.7 Å². The van der Waals surface area contributed by atoms with Crippen molar-refractivity contribution in [2.45, 2.75) is 30.0 Å². The summed E-state index contributed by atoms with van der Waals surface area (Å²) in [5.41, 5.74) is 5.61. The molecule has 0 saturated heterocycles. The monoisotopic (exact) mass is 533 g/mol. The molecule has 0 amide bonds. The van der Waals surface area contributed by atoms with E-state index in [-0.39, 0.29) is 17.4 Å². The highest BCUT2D eigenvalue weighted by atomic mass is 32.2. The summed E-state index contributed by atoms with van der Waals surface area (Å²) in [5, 5.41) is 22.7. The summed E-state index contributed by atoms with van der Waals surface area (Å²) in [6.45, 7) is 1.91. The van der Waals surface area contributed by atoms with Gasteiger partial charge in [-0.3, -0.25) is 0 Å². The molecule has 1 atom stereocenters. The molecule has 38 heavy (non-hydrogen) atoms. The van der Waals surface area contributed by atoms with Gasteiger partial charge in [0.1, 0.15) is 22.7 Å². The van der Waals surface area contributed by atoms with Crippen molar-refractivity contribution in [3.8, 4) is 33.8 Å². The summed E-state index contributed by atoms with van der Waals surface area (Å²) in [7, 11) is 0. The molecular formula is C31H23N3O2S2. The van der Waals surface area contributed by atoms with Gasteiger partial charge in [0.25, 0.3) is 0 Å². The highest BCUT2D eigenvalue weighted by Gasteiger charge is 2.32. The van der Waals surface area contributed by atoms with Gasteiger partial charge in [-0.05, 0) is 59.5 Å². The number of benzene rings is 2. The third-order valence-electron chi connectivity index (χ3n) is 6.38. The lowest BCUT2D eigenvalue weighted by Gasteiger charge is -2.28. The first-order valence-corrected chi connectivity index (χ1v) is 14.0. The Kier molecular flexibility index (Phi) is 7.70. The highest BCUT2D eigenvalue weighted by Crippen LogP contribution is 2.45. The van der Waals surface area contributed by atoms with E-state index in [0.29, 0.717) is 22.6 Å². The van der Waals surface area contributed by atoms with E-state index >= 15 is 0 Å². The third kappa shape index (κ3) is 4.99. The number of thioether (sulfide) groups is 1.